The van der Waals surface area contributed by atoms with Gasteiger partial charge in [0.25, 0.3) is 0 Å². The van der Waals surface area contributed by atoms with Gasteiger partial charge >= 0.3 is 6.18 Å². The molecule has 0 bridgehead atoms. The molecule has 2 fully saturated rings. The van der Waals surface area contributed by atoms with Gasteiger partial charge < -0.3 is 0 Å². The van der Waals surface area contributed by atoms with Crippen LogP contribution in [0.25, 0.3) is 0 Å². The van der Waals surface area contributed by atoms with Crippen molar-refractivity contribution >= 4 is 0 Å². The second kappa shape index (κ2) is 10.5. The van der Waals surface area contributed by atoms with Crippen LogP contribution in [0.5, 0.6) is 0 Å². The minimum absolute atomic E-state index is 0.337. The SMILES string of the molecule is C=C([C@H]1CC[C@H](CC/C=C(\F)C#N)CC1)[C@H]1CC[C@H](c2ccc(C(F)(F)F)cc2)CC1. The fourth-order valence-electron chi connectivity index (χ4n) is 5.39. The van der Waals surface area contributed by atoms with Crippen LogP contribution in [-0.4, -0.2) is 0 Å². The Bertz CT molecular complexity index is 799. The molecule has 1 aromatic rings. The first kappa shape index (κ1) is 23.6. The molecule has 0 radical (unpaired) electrons. The molecule has 168 valence electrons. The second-order valence-corrected chi connectivity index (χ2v) is 9.20. The average molecular weight is 434 g/mol. The van der Waals surface area contributed by atoms with Crippen LogP contribution in [0.1, 0.15) is 81.3 Å². The van der Waals surface area contributed by atoms with Crippen LogP contribution in [0, 0.1) is 29.1 Å². The summed E-state index contributed by atoms with van der Waals surface area (Å²) in [4.78, 5) is 0. The van der Waals surface area contributed by atoms with E-state index < -0.39 is 17.6 Å². The topological polar surface area (TPSA) is 23.8 Å². The van der Waals surface area contributed by atoms with Crippen LogP contribution >= 0.6 is 0 Å². The zero-order valence-corrected chi connectivity index (χ0v) is 17.9. The summed E-state index contributed by atoms with van der Waals surface area (Å²) in [7, 11) is 0. The Hall–Kier alpha value is -2.09. The molecular formula is C26H31F4N. The van der Waals surface area contributed by atoms with Crippen LogP contribution in [0.15, 0.2) is 48.3 Å². The Labute approximate surface area is 182 Å². The molecule has 3 rings (SSSR count). The molecule has 0 saturated heterocycles. The Kier molecular flexibility index (Phi) is 7.97. The van der Waals surface area contributed by atoms with Crippen molar-refractivity contribution in [2.24, 2.45) is 17.8 Å². The summed E-state index contributed by atoms with van der Waals surface area (Å²) in [5.74, 6) is 1.32. The molecule has 2 saturated carbocycles. The molecule has 31 heavy (non-hydrogen) atoms. The Morgan fingerprint density at radius 3 is 2.03 bits per heavy atom. The van der Waals surface area contributed by atoms with Crippen LogP contribution < -0.4 is 0 Å². The van der Waals surface area contributed by atoms with Crippen LogP contribution in [0.2, 0.25) is 0 Å². The highest BCUT2D eigenvalue weighted by molar-refractivity contribution is 5.27. The maximum Gasteiger partial charge on any atom is 0.416 e. The van der Waals surface area contributed by atoms with Crippen LogP contribution in [0.4, 0.5) is 17.6 Å². The third kappa shape index (κ3) is 6.45. The second-order valence-electron chi connectivity index (χ2n) is 9.20. The molecule has 2 aliphatic carbocycles. The molecule has 0 aromatic heterocycles. The van der Waals surface area contributed by atoms with E-state index in [4.69, 9.17) is 5.26 Å². The lowest BCUT2D eigenvalue weighted by Crippen LogP contribution is -2.22. The van der Waals surface area contributed by atoms with Crippen molar-refractivity contribution < 1.29 is 17.6 Å². The highest BCUT2D eigenvalue weighted by atomic mass is 19.4. The van der Waals surface area contributed by atoms with E-state index in [1.807, 2.05) is 0 Å². The lowest BCUT2D eigenvalue weighted by atomic mass is 9.69. The quantitative estimate of drug-likeness (QED) is 0.251. The maximum absolute atomic E-state index is 12.9. The van der Waals surface area contributed by atoms with Crippen molar-refractivity contribution in [2.45, 2.75) is 76.3 Å². The predicted octanol–water partition coefficient (Wildman–Crippen LogP) is 8.50. The standard InChI is InChI=1S/C26H31F4N/c1-18(20-7-5-19(6-8-20)3-2-4-25(27)17-31)21-9-11-22(12-10-21)23-13-15-24(16-14-23)26(28,29)30/h4,13-16,19-22H,1-3,5-12H2/b25-4-/t19-,20-,21-,22-. The molecule has 0 aliphatic heterocycles. The van der Waals surface area contributed by atoms with Crippen molar-refractivity contribution in [1.29, 1.82) is 5.26 Å². The monoisotopic (exact) mass is 433 g/mol. The summed E-state index contributed by atoms with van der Waals surface area (Å²) in [6.07, 6.45) is 7.32. The van der Waals surface area contributed by atoms with E-state index in [1.165, 1.54) is 29.9 Å². The lowest BCUT2D eigenvalue weighted by Gasteiger charge is -2.36. The van der Waals surface area contributed by atoms with E-state index in [2.05, 4.69) is 6.58 Å². The zero-order valence-electron chi connectivity index (χ0n) is 17.9. The number of nitrogens with zero attached hydrogens (tertiary/aromatic N) is 1. The van der Waals surface area contributed by atoms with Crippen molar-refractivity contribution in [3.05, 3.63) is 59.4 Å². The summed E-state index contributed by atoms with van der Waals surface area (Å²) in [6, 6.07) is 7.20. The molecule has 0 unspecified atom stereocenters. The van der Waals surface area contributed by atoms with Crippen molar-refractivity contribution in [3.8, 4) is 6.07 Å². The molecule has 5 heteroatoms. The largest absolute Gasteiger partial charge is 0.416 e. The minimum Gasteiger partial charge on any atom is -0.195 e. The van der Waals surface area contributed by atoms with Gasteiger partial charge in [-0.25, -0.2) is 0 Å². The van der Waals surface area contributed by atoms with Gasteiger partial charge in [0.15, 0.2) is 5.83 Å². The number of allylic oxidation sites excluding steroid dienone is 3. The zero-order chi connectivity index (χ0) is 22.4. The van der Waals surface area contributed by atoms with E-state index in [9.17, 15) is 17.6 Å². The number of hydrogen-bond donors (Lipinski definition) is 0. The van der Waals surface area contributed by atoms with Crippen LogP contribution in [0.3, 0.4) is 0 Å². The Morgan fingerprint density at radius 2 is 1.52 bits per heavy atom. The summed E-state index contributed by atoms with van der Waals surface area (Å²) >= 11 is 0. The van der Waals surface area contributed by atoms with Gasteiger partial charge in [-0.2, -0.15) is 22.8 Å². The van der Waals surface area contributed by atoms with Gasteiger partial charge in [0.1, 0.15) is 6.07 Å². The molecular weight excluding hydrogens is 402 g/mol. The third-order valence-corrected chi connectivity index (χ3v) is 7.34. The normalized spacial score (nSPS) is 27.5. The third-order valence-electron chi connectivity index (χ3n) is 7.34. The lowest BCUT2D eigenvalue weighted by molar-refractivity contribution is -0.137. The molecule has 1 aromatic carbocycles. The molecule has 0 N–H and O–H groups in total. The van der Waals surface area contributed by atoms with E-state index in [-0.39, 0.29) is 0 Å². The van der Waals surface area contributed by atoms with Crippen molar-refractivity contribution in [2.75, 3.05) is 0 Å². The number of nitriles is 1. The van der Waals surface area contributed by atoms with Gasteiger partial charge in [0, 0.05) is 0 Å². The fourth-order valence-corrected chi connectivity index (χ4v) is 5.39. The summed E-state index contributed by atoms with van der Waals surface area (Å²) in [6.45, 7) is 4.44. The van der Waals surface area contributed by atoms with Gasteiger partial charge in [-0.1, -0.05) is 24.3 Å². The number of benzene rings is 1. The first-order chi connectivity index (χ1) is 14.8. The fraction of sp³-hybridized carbons (Fsp3) is 0.577. The first-order valence-electron chi connectivity index (χ1n) is 11.4. The molecule has 1 nitrogen and oxygen atoms in total. The van der Waals surface area contributed by atoms with Crippen molar-refractivity contribution in [1.82, 2.24) is 0 Å². The summed E-state index contributed by atoms with van der Waals surface area (Å²) in [5, 5.41) is 8.47. The molecule has 0 amide bonds. The molecule has 0 atom stereocenters. The van der Waals surface area contributed by atoms with E-state index in [0.717, 1.165) is 63.4 Å². The Balaban J connectivity index is 1.43. The Morgan fingerprint density at radius 1 is 0.968 bits per heavy atom. The maximum atomic E-state index is 12.9. The summed E-state index contributed by atoms with van der Waals surface area (Å²) < 4.78 is 51.2. The van der Waals surface area contributed by atoms with Gasteiger partial charge in [-0.15, -0.1) is 0 Å². The number of hydrogen-bond acceptors (Lipinski definition) is 1. The van der Waals surface area contributed by atoms with Gasteiger partial charge in [0.2, 0.25) is 0 Å². The van der Waals surface area contributed by atoms with Gasteiger partial charge in [0.05, 0.1) is 5.56 Å². The molecule has 0 heterocycles. The van der Waals surface area contributed by atoms with Crippen molar-refractivity contribution in [3.63, 3.8) is 0 Å². The molecule has 0 spiro atoms. The molecule has 2 aliphatic rings. The number of alkyl halides is 3. The first-order valence-corrected chi connectivity index (χ1v) is 11.4. The number of rotatable bonds is 6. The van der Waals surface area contributed by atoms with Crippen LogP contribution in [-0.2, 0) is 6.18 Å². The van der Waals surface area contributed by atoms with E-state index in [0.29, 0.717) is 30.1 Å². The summed E-state index contributed by atoms with van der Waals surface area (Å²) in [5.41, 5.74) is 1.79. The number of halogens is 4. The van der Waals surface area contributed by atoms with Gasteiger partial charge in [-0.05, 0) is 112 Å². The minimum atomic E-state index is -4.28. The van der Waals surface area contributed by atoms with E-state index >= 15 is 0 Å². The van der Waals surface area contributed by atoms with Gasteiger partial charge in [-0.3, -0.25) is 0 Å². The highest BCUT2D eigenvalue weighted by Crippen LogP contribution is 2.44. The smallest absolute Gasteiger partial charge is 0.195 e. The van der Waals surface area contributed by atoms with E-state index in [1.54, 1.807) is 12.1 Å². The average Bonchev–Trinajstić information content (AvgIpc) is 2.78. The highest BCUT2D eigenvalue weighted by Gasteiger charge is 2.32. The predicted molar refractivity (Wildman–Crippen MR) is 115 cm³/mol.